The Morgan fingerprint density at radius 3 is 2.62 bits per heavy atom. The molecule has 0 unspecified atom stereocenters. The molecule has 1 saturated heterocycles. The van der Waals surface area contributed by atoms with Crippen molar-refractivity contribution >= 4 is 17.5 Å². The van der Waals surface area contributed by atoms with Crippen molar-refractivity contribution in [2.45, 2.75) is 19.8 Å². The molecule has 6 heteroatoms. The number of anilines is 2. The Hall–Kier alpha value is -2.63. The number of aromatic nitrogens is 2. The van der Waals surface area contributed by atoms with Crippen LogP contribution in [-0.4, -0.2) is 41.0 Å². The van der Waals surface area contributed by atoms with Gasteiger partial charge in [-0.1, -0.05) is 13.0 Å². The number of benzene rings is 1. The van der Waals surface area contributed by atoms with Crippen LogP contribution in [0, 0.1) is 5.92 Å². The number of hydrogen-bond acceptors (Lipinski definition) is 5. The molecule has 1 aromatic heterocycles. The van der Waals surface area contributed by atoms with Crippen molar-refractivity contribution in [2.75, 3.05) is 25.5 Å². The van der Waals surface area contributed by atoms with Crippen LogP contribution in [0.4, 0.5) is 11.6 Å². The topological polar surface area (TPSA) is 67.3 Å². The standard InChI is InChI=1S/C18H22N4O2/c1-13-6-8-22(9-7-13)17(23)14-11-19-18(20-12-14)21-15-4-3-5-16(10-15)24-2/h3-5,10-13H,6-9H2,1-2H3,(H,19,20,21). The van der Waals surface area contributed by atoms with Crippen LogP contribution in [0.25, 0.3) is 0 Å². The number of methoxy groups -OCH3 is 1. The number of carbonyl (C=O) groups excluding carboxylic acids is 1. The van der Waals surface area contributed by atoms with Crippen LogP contribution >= 0.6 is 0 Å². The van der Waals surface area contributed by atoms with E-state index in [1.807, 2.05) is 29.2 Å². The maximum atomic E-state index is 12.5. The quantitative estimate of drug-likeness (QED) is 0.935. The summed E-state index contributed by atoms with van der Waals surface area (Å²) in [6.07, 6.45) is 5.27. The Bertz CT molecular complexity index is 694. The van der Waals surface area contributed by atoms with Gasteiger partial charge < -0.3 is 15.0 Å². The molecular formula is C18H22N4O2. The van der Waals surface area contributed by atoms with Crippen molar-refractivity contribution in [1.82, 2.24) is 14.9 Å². The lowest BCUT2D eigenvalue weighted by molar-refractivity contribution is 0.0696. The SMILES string of the molecule is COc1cccc(Nc2ncc(C(=O)N3CCC(C)CC3)cn2)c1. The summed E-state index contributed by atoms with van der Waals surface area (Å²) in [6, 6.07) is 7.51. The van der Waals surface area contributed by atoms with Gasteiger partial charge in [0.25, 0.3) is 5.91 Å². The fourth-order valence-corrected chi connectivity index (χ4v) is 2.73. The number of hydrogen-bond donors (Lipinski definition) is 1. The van der Waals surface area contributed by atoms with Gasteiger partial charge >= 0.3 is 0 Å². The Morgan fingerprint density at radius 1 is 1.25 bits per heavy atom. The zero-order valence-electron chi connectivity index (χ0n) is 14.0. The van der Waals surface area contributed by atoms with Crippen molar-refractivity contribution in [3.05, 3.63) is 42.2 Å². The number of amides is 1. The van der Waals surface area contributed by atoms with Gasteiger partial charge in [-0.15, -0.1) is 0 Å². The summed E-state index contributed by atoms with van der Waals surface area (Å²) in [4.78, 5) is 22.9. The van der Waals surface area contributed by atoms with Gasteiger partial charge in [-0.3, -0.25) is 4.79 Å². The minimum atomic E-state index is 0.00910. The van der Waals surface area contributed by atoms with Gasteiger partial charge in [0, 0.05) is 37.2 Å². The Kier molecular flexibility index (Phi) is 4.93. The van der Waals surface area contributed by atoms with Crippen molar-refractivity contribution in [1.29, 1.82) is 0 Å². The van der Waals surface area contributed by atoms with E-state index in [0.29, 0.717) is 17.4 Å². The number of rotatable bonds is 4. The lowest BCUT2D eigenvalue weighted by atomic mass is 9.99. The number of carbonyl (C=O) groups is 1. The molecule has 2 heterocycles. The Balaban J connectivity index is 1.65. The van der Waals surface area contributed by atoms with E-state index in [2.05, 4.69) is 22.2 Å². The number of nitrogens with zero attached hydrogens (tertiary/aromatic N) is 3. The summed E-state index contributed by atoms with van der Waals surface area (Å²) >= 11 is 0. The summed E-state index contributed by atoms with van der Waals surface area (Å²) in [7, 11) is 1.62. The van der Waals surface area contributed by atoms with Crippen molar-refractivity contribution in [3.63, 3.8) is 0 Å². The Morgan fingerprint density at radius 2 is 1.96 bits per heavy atom. The fraction of sp³-hybridized carbons (Fsp3) is 0.389. The molecule has 0 atom stereocenters. The maximum Gasteiger partial charge on any atom is 0.256 e. The number of piperidine rings is 1. The summed E-state index contributed by atoms with van der Waals surface area (Å²) in [5, 5.41) is 3.10. The molecule has 0 spiro atoms. The predicted molar refractivity (Wildman–Crippen MR) is 92.6 cm³/mol. The minimum Gasteiger partial charge on any atom is -0.497 e. The second-order valence-corrected chi connectivity index (χ2v) is 6.13. The molecule has 0 saturated carbocycles. The molecule has 1 aromatic carbocycles. The third kappa shape index (κ3) is 3.82. The molecule has 6 nitrogen and oxygen atoms in total. The third-order valence-electron chi connectivity index (χ3n) is 4.30. The molecule has 24 heavy (non-hydrogen) atoms. The highest BCUT2D eigenvalue weighted by Gasteiger charge is 2.21. The first kappa shape index (κ1) is 16.2. The van der Waals surface area contributed by atoms with E-state index < -0.39 is 0 Å². The first-order chi connectivity index (χ1) is 11.7. The smallest absolute Gasteiger partial charge is 0.256 e. The van der Waals surface area contributed by atoms with Gasteiger partial charge in [0.15, 0.2) is 0 Å². The summed E-state index contributed by atoms with van der Waals surface area (Å²) in [5.41, 5.74) is 1.36. The largest absolute Gasteiger partial charge is 0.497 e. The summed E-state index contributed by atoms with van der Waals surface area (Å²) in [6.45, 7) is 3.84. The summed E-state index contributed by atoms with van der Waals surface area (Å²) < 4.78 is 5.19. The maximum absolute atomic E-state index is 12.5. The van der Waals surface area contributed by atoms with E-state index in [4.69, 9.17) is 4.74 Å². The van der Waals surface area contributed by atoms with Crippen LogP contribution in [0.15, 0.2) is 36.7 Å². The minimum absolute atomic E-state index is 0.00910. The zero-order chi connectivity index (χ0) is 16.9. The van der Waals surface area contributed by atoms with Crippen LogP contribution < -0.4 is 10.1 Å². The lowest BCUT2D eigenvalue weighted by Gasteiger charge is -2.30. The first-order valence-corrected chi connectivity index (χ1v) is 8.18. The molecule has 3 rings (SSSR count). The number of nitrogens with one attached hydrogen (secondary N) is 1. The molecule has 1 amide bonds. The normalized spacial score (nSPS) is 15.2. The van der Waals surface area contributed by atoms with E-state index in [1.54, 1.807) is 19.5 Å². The molecular weight excluding hydrogens is 304 g/mol. The average molecular weight is 326 g/mol. The van der Waals surface area contributed by atoms with Crippen LogP contribution in [0.3, 0.4) is 0 Å². The van der Waals surface area contributed by atoms with Gasteiger partial charge in [0.2, 0.25) is 5.95 Å². The molecule has 1 aliphatic rings. The monoisotopic (exact) mass is 326 g/mol. The van der Waals surface area contributed by atoms with E-state index in [0.717, 1.165) is 37.4 Å². The van der Waals surface area contributed by atoms with Gasteiger partial charge in [0.05, 0.1) is 12.7 Å². The highest BCUT2D eigenvalue weighted by molar-refractivity contribution is 5.93. The van der Waals surface area contributed by atoms with Crippen LogP contribution in [0.1, 0.15) is 30.1 Å². The van der Waals surface area contributed by atoms with Crippen molar-refractivity contribution in [2.24, 2.45) is 5.92 Å². The van der Waals surface area contributed by atoms with E-state index >= 15 is 0 Å². The molecule has 1 N–H and O–H groups in total. The zero-order valence-corrected chi connectivity index (χ0v) is 14.0. The molecule has 1 aliphatic heterocycles. The highest BCUT2D eigenvalue weighted by Crippen LogP contribution is 2.20. The predicted octanol–water partition coefficient (Wildman–Crippen LogP) is 3.10. The number of likely N-dealkylation sites (tertiary alicyclic amines) is 1. The van der Waals surface area contributed by atoms with Gasteiger partial charge in [-0.25, -0.2) is 9.97 Å². The summed E-state index contributed by atoms with van der Waals surface area (Å²) in [5.74, 6) is 1.91. The molecule has 2 aromatic rings. The average Bonchev–Trinajstić information content (AvgIpc) is 2.62. The molecule has 0 aliphatic carbocycles. The second-order valence-electron chi connectivity index (χ2n) is 6.13. The van der Waals surface area contributed by atoms with E-state index in [1.165, 1.54) is 0 Å². The Labute approximate surface area is 141 Å². The van der Waals surface area contributed by atoms with Crippen molar-refractivity contribution < 1.29 is 9.53 Å². The van der Waals surface area contributed by atoms with E-state index in [9.17, 15) is 4.79 Å². The highest BCUT2D eigenvalue weighted by atomic mass is 16.5. The molecule has 126 valence electrons. The third-order valence-corrected chi connectivity index (χ3v) is 4.30. The van der Waals surface area contributed by atoms with Gasteiger partial charge in [0.1, 0.15) is 5.75 Å². The van der Waals surface area contributed by atoms with Gasteiger partial charge in [-0.05, 0) is 30.9 Å². The van der Waals surface area contributed by atoms with Crippen LogP contribution in [-0.2, 0) is 0 Å². The number of ether oxygens (including phenoxy) is 1. The molecule has 1 fully saturated rings. The lowest BCUT2D eigenvalue weighted by Crippen LogP contribution is -2.38. The first-order valence-electron chi connectivity index (χ1n) is 8.18. The van der Waals surface area contributed by atoms with Crippen LogP contribution in [0.2, 0.25) is 0 Å². The van der Waals surface area contributed by atoms with E-state index in [-0.39, 0.29) is 5.91 Å². The van der Waals surface area contributed by atoms with Crippen LogP contribution in [0.5, 0.6) is 5.75 Å². The second kappa shape index (κ2) is 7.29. The van der Waals surface area contributed by atoms with Crippen molar-refractivity contribution in [3.8, 4) is 5.75 Å². The fourth-order valence-electron chi connectivity index (χ4n) is 2.73. The van der Waals surface area contributed by atoms with Gasteiger partial charge in [-0.2, -0.15) is 0 Å². The molecule has 0 bridgehead atoms. The molecule has 0 radical (unpaired) electrons.